The van der Waals surface area contributed by atoms with Crippen LogP contribution in [-0.2, 0) is 25.7 Å². The number of rotatable bonds is 18. The number of ether oxygens (including phenoxy) is 2. The lowest BCUT2D eigenvalue weighted by atomic mass is 9.49. The Morgan fingerprint density at radius 3 is 2.24 bits per heavy atom. The number of aliphatic hydroxyl groups is 1. The maximum Gasteiger partial charge on any atom is 0.253 e. The van der Waals surface area contributed by atoms with Crippen molar-refractivity contribution in [1.82, 2.24) is 30.7 Å². The summed E-state index contributed by atoms with van der Waals surface area (Å²) in [4.78, 5) is 65.2. The van der Waals surface area contributed by atoms with Crippen molar-refractivity contribution in [2.75, 3.05) is 50.8 Å². The van der Waals surface area contributed by atoms with Crippen LogP contribution in [0.4, 0.5) is 5.82 Å². The molecule has 17 heteroatoms. The molecule has 3 heterocycles. The van der Waals surface area contributed by atoms with Crippen molar-refractivity contribution in [1.29, 1.82) is 5.26 Å². The number of carbonyl (C=O) groups excluding carboxylic acids is 4. The topological polar surface area (TPSA) is 189 Å². The molecule has 2 aromatic carbocycles. The van der Waals surface area contributed by atoms with Crippen molar-refractivity contribution in [2.45, 2.75) is 111 Å². The summed E-state index contributed by atoms with van der Waals surface area (Å²) in [5.74, 6) is -0.197. The number of piperazine rings is 1. The smallest absolute Gasteiger partial charge is 0.253 e. The third-order valence-corrected chi connectivity index (χ3v) is 13.9. The van der Waals surface area contributed by atoms with Gasteiger partial charge in [0.05, 0.1) is 28.9 Å². The molecular formula is C50H66Cl2N8O7. The standard InChI is InChI=1S/C50H66Cl2N8O7/c1-30(2)23-40(45(64)56-42(31(3)4)46(65)60-29-36(61)24-39(60)44(63)55-27-32-9-13-35(51)14-10-32)66-22-21-58-17-19-59(20-18-58)41-16-12-34(28-54-41)43(62)57-47-49(5,6)48(50(47,7)8)67-37-15-11-33(26-53)38(52)25-37/h9-16,25,28,30-31,36,39-40,42,47-48,61H,17-24,27,29H2,1-8H3,(H,55,63)(H,56,64)(H,57,62)/t36-,39+,40?,42?,47?,48?/m1/s1. The van der Waals surface area contributed by atoms with Crippen LogP contribution in [-0.4, -0.2) is 126 Å². The van der Waals surface area contributed by atoms with Gasteiger partial charge < -0.3 is 40.3 Å². The first-order valence-electron chi connectivity index (χ1n) is 23.2. The molecular weight excluding hydrogens is 896 g/mol. The molecule has 0 bridgehead atoms. The van der Waals surface area contributed by atoms with Crippen LogP contribution in [0.2, 0.25) is 10.0 Å². The summed E-state index contributed by atoms with van der Waals surface area (Å²) in [5.41, 5.74) is 0.890. The quantitative estimate of drug-likeness (QED) is 0.120. The average Bonchev–Trinajstić information content (AvgIpc) is 3.69. The fourth-order valence-corrected chi connectivity index (χ4v) is 10.2. The fraction of sp³-hybridized carbons (Fsp3) is 0.560. The van der Waals surface area contributed by atoms with E-state index in [1.807, 2.05) is 45.9 Å². The van der Waals surface area contributed by atoms with Gasteiger partial charge in [0.15, 0.2) is 0 Å². The molecule has 0 radical (unpaired) electrons. The number of pyridine rings is 1. The molecule has 3 fully saturated rings. The van der Waals surface area contributed by atoms with Crippen LogP contribution in [0.3, 0.4) is 0 Å². The molecule has 0 spiro atoms. The highest BCUT2D eigenvalue weighted by Crippen LogP contribution is 2.55. The number of likely N-dealkylation sites (tertiary alicyclic amines) is 1. The van der Waals surface area contributed by atoms with Crippen molar-refractivity contribution in [3.05, 3.63) is 87.5 Å². The Labute approximate surface area is 404 Å². The van der Waals surface area contributed by atoms with Crippen molar-refractivity contribution >= 4 is 52.6 Å². The molecule has 2 unspecified atom stereocenters. The number of amides is 4. The van der Waals surface area contributed by atoms with Gasteiger partial charge in [0.1, 0.15) is 41.9 Å². The van der Waals surface area contributed by atoms with E-state index in [4.69, 9.17) is 32.7 Å². The Hall–Kier alpha value is -4.98. The summed E-state index contributed by atoms with van der Waals surface area (Å²) in [7, 11) is 0. The van der Waals surface area contributed by atoms with E-state index in [9.17, 15) is 29.5 Å². The zero-order valence-corrected chi connectivity index (χ0v) is 41.4. The summed E-state index contributed by atoms with van der Waals surface area (Å²) in [6.45, 7) is 20.0. The van der Waals surface area contributed by atoms with Gasteiger partial charge in [0, 0.05) is 86.4 Å². The monoisotopic (exact) mass is 960 g/mol. The number of hydrogen-bond acceptors (Lipinski definition) is 11. The van der Waals surface area contributed by atoms with E-state index in [2.05, 4.69) is 64.5 Å². The Kier molecular flexibility index (Phi) is 16.9. The number of carbonyl (C=O) groups is 4. The SMILES string of the molecule is CC(C)CC(OCCN1CCN(c2ccc(C(=O)NC3C(C)(C)C(Oc4ccc(C#N)c(Cl)c4)C3(C)C)cn2)CC1)C(=O)NC(C(=O)N1C[C@H](O)C[C@H]1C(=O)NCc1ccc(Cl)cc1)C(C)C. The van der Waals surface area contributed by atoms with Gasteiger partial charge in [0.25, 0.3) is 5.91 Å². The van der Waals surface area contributed by atoms with Crippen molar-refractivity contribution < 1.29 is 33.8 Å². The van der Waals surface area contributed by atoms with Gasteiger partial charge in [-0.1, -0.05) is 90.7 Å². The second-order valence-electron chi connectivity index (χ2n) is 20.0. The van der Waals surface area contributed by atoms with E-state index >= 15 is 0 Å². The van der Waals surface area contributed by atoms with Crippen LogP contribution in [0.25, 0.3) is 0 Å². The van der Waals surface area contributed by atoms with Gasteiger partial charge in [0.2, 0.25) is 17.7 Å². The molecule has 362 valence electrons. The molecule has 6 rings (SSSR count). The lowest BCUT2D eigenvalue weighted by Crippen LogP contribution is -2.74. The Bertz CT molecular complexity index is 2240. The highest BCUT2D eigenvalue weighted by molar-refractivity contribution is 6.31. The number of aliphatic hydroxyl groups excluding tert-OH is 1. The highest BCUT2D eigenvalue weighted by atomic mass is 35.5. The fourth-order valence-electron chi connectivity index (χ4n) is 9.87. The van der Waals surface area contributed by atoms with Crippen molar-refractivity contribution in [3.63, 3.8) is 0 Å². The van der Waals surface area contributed by atoms with Crippen LogP contribution in [0, 0.1) is 34.0 Å². The van der Waals surface area contributed by atoms with E-state index in [1.165, 1.54) is 4.90 Å². The van der Waals surface area contributed by atoms with Crippen molar-refractivity contribution in [3.8, 4) is 11.8 Å². The van der Waals surface area contributed by atoms with E-state index in [0.717, 1.165) is 24.5 Å². The molecule has 4 amide bonds. The van der Waals surface area contributed by atoms with Crippen LogP contribution in [0.15, 0.2) is 60.8 Å². The summed E-state index contributed by atoms with van der Waals surface area (Å²) in [6, 6.07) is 15.9. The maximum absolute atomic E-state index is 14.0. The Balaban J connectivity index is 0.961. The molecule has 1 aliphatic carbocycles. The third kappa shape index (κ3) is 12.4. The van der Waals surface area contributed by atoms with Gasteiger partial charge in [-0.25, -0.2) is 4.98 Å². The summed E-state index contributed by atoms with van der Waals surface area (Å²) in [6.07, 6.45) is 0.291. The average molecular weight is 962 g/mol. The minimum Gasteiger partial charge on any atom is -0.489 e. The first-order chi connectivity index (χ1) is 31.7. The minimum atomic E-state index is -0.926. The summed E-state index contributed by atoms with van der Waals surface area (Å²) in [5, 5.41) is 29.8. The third-order valence-electron chi connectivity index (χ3n) is 13.3. The van der Waals surface area contributed by atoms with Crippen LogP contribution >= 0.6 is 23.2 Å². The molecule has 4 N–H and O–H groups in total. The van der Waals surface area contributed by atoms with Gasteiger partial charge in [-0.15, -0.1) is 0 Å². The predicted octanol–water partition coefficient (Wildman–Crippen LogP) is 5.84. The summed E-state index contributed by atoms with van der Waals surface area (Å²) >= 11 is 12.3. The van der Waals surface area contributed by atoms with E-state index < -0.39 is 41.0 Å². The normalized spacial score (nSPS) is 22.1. The Morgan fingerprint density at radius 2 is 1.64 bits per heavy atom. The van der Waals surface area contributed by atoms with E-state index in [1.54, 1.807) is 42.6 Å². The molecule has 3 aromatic rings. The van der Waals surface area contributed by atoms with Gasteiger partial charge >= 0.3 is 0 Å². The first-order valence-corrected chi connectivity index (χ1v) is 24.0. The zero-order valence-electron chi connectivity index (χ0n) is 39.9. The van der Waals surface area contributed by atoms with E-state index in [-0.39, 0.29) is 61.2 Å². The number of β-amino-alcohol motifs (C(OH)–C–C–N with tert-alkyl or cyclic N) is 1. The van der Waals surface area contributed by atoms with Gasteiger partial charge in [-0.2, -0.15) is 5.26 Å². The number of aromatic nitrogens is 1. The number of nitriles is 1. The van der Waals surface area contributed by atoms with Crippen LogP contribution in [0.5, 0.6) is 5.75 Å². The second-order valence-corrected chi connectivity index (χ2v) is 20.8. The maximum atomic E-state index is 14.0. The largest absolute Gasteiger partial charge is 0.489 e. The number of anilines is 1. The second kappa shape index (κ2) is 22.0. The molecule has 1 aromatic heterocycles. The lowest BCUT2D eigenvalue weighted by Gasteiger charge is -2.63. The number of halogens is 2. The lowest BCUT2D eigenvalue weighted by molar-refractivity contribution is -0.164. The minimum absolute atomic E-state index is 0.00932. The number of nitrogens with one attached hydrogen (secondary N) is 3. The van der Waals surface area contributed by atoms with E-state index in [0.29, 0.717) is 59.6 Å². The molecule has 2 aliphatic heterocycles. The highest BCUT2D eigenvalue weighted by Gasteiger charge is 2.64. The molecule has 67 heavy (non-hydrogen) atoms. The molecule has 15 nitrogen and oxygen atoms in total. The molecule has 2 saturated heterocycles. The molecule has 4 atom stereocenters. The van der Waals surface area contributed by atoms with Crippen molar-refractivity contribution in [2.24, 2.45) is 22.7 Å². The number of benzene rings is 2. The molecule has 1 saturated carbocycles. The zero-order chi connectivity index (χ0) is 48.8. The number of nitrogens with zero attached hydrogens (tertiary/aromatic N) is 5. The summed E-state index contributed by atoms with van der Waals surface area (Å²) < 4.78 is 12.6. The molecule has 3 aliphatic rings. The van der Waals surface area contributed by atoms with Gasteiger partial charge in [-0.3, -0.25) is 24.1 Å². The van der Waals surface area contributed by atoms with Crippen LogP contribution in [0.1, 0.15) is 89.7 Å². The van der Waals surface area contributed by atoms with Crippen LogP contribution < -0.4 is 25.6 Å². The number of hydrogen-bond donors (Lipinski definition) is 4. The van der Waals surface area contributed by atoms with Gasteiger partial charge in [-0.05, 0) is 60.2 Å². The predicted molar refractivity (Wildman–Crippen MR) is 258 cm³/mol. The Morgan fingerprint density at radius 1 is 0.955 bits per heavy atom. The first kappa shape index (κ1) is 51.4.